The van der Waals surface area contributed by atoms with Crippen LogP contribution in [-0.4, -0.2) is 42.9 Å². The highest BCUT2D eigenvalue weighted by molar-refractivity contribution is 4.82. The molecule has 4 nitrogen and oxygen atoms in total. The molecule has 0 bridgehead atoms. The summed E-state index contributed by atoms with van der Waals surface area (Å²) in [5.41, 5.74) is 0. The number of aliphatic hydroxyl groups is 1. The van der Waals surface area contributed by atoms with Crippen LogP contribution in [-0.2, 0) is 14.2 Å². The lowest BCUT2D eigenvalue weighted by Gasteiger charge is -2.35. The van der Waals surface area contributed by atoms with Crippen molar-refractivity contribution >= 4 is 0 Å². The van der Waals surface area contributed by atoms with E-state index in [1.807, 2.05) is 6.92 Å². The van der Waals surface area contributed by atoms with Crippen molar-refractivity contribution in [2.75, 3.05) is 19.8 Å². The summed E-state index contributed by atoms with van der Waals surface area (Å²) in [6, 6.07) is 0. The van der Waals surface area contributed by atoms with Crippen LogP contribution in [0.15, 0.2) is 0 Å². The predicted octanol–water partition coefficient (Wildman–Crippen LogP) is 1.46. The fourth-order valence-electron chi connectivity index (χ4n) is 2.35. The molecule has 0 aromatic rings. The Labute approximate surface area is 96.9 Å². The SMILES string of the molecule is CCC(O)COC1CCC2(CC1)OCCO2. The van der Waals surface area contributed by atoms with Crippen LogP contribution in [0.3, 0.4) is 0 Å². The Morgan fingerprint density at radius 2 is 1.94 bits per heavy atom. The summed E-state index contributed by atoms with van der Waals surface area (Å²) < 4.78 is 17.0. The minimum absolute atomic E-state index is 0.264. The Bertz CT molecular complexity index is 203. The van der Waals surface area contributed by atoms with Gasteiger partial charge in [0.25, 0.3) is 0 Å². The molecule has 0 aromatic carbocycles. The third-order valence-electron chi connectivity index (χ3n) is 3.50. The molecule has 0 radical (unpaired) electrons. The van der Waals surface area contributed by atoms with Crippen LogP contribution in [0.2, 0.25) is 0 Å². The minimum atomic E-state index is -0.324. The van der Waals surface area contributed by atoms with Crippen LogP contribution in [0.25, 0.3) is 0 Å². The average Bonchev–Trinajstić information content (AvgIpc) is 2.77. The van der Waals surface area contributed by atoms with Gasteiger partial charge in [-0.15, -0.1) is 0 Å². The van der Waals surface area contributed by atoms with E-state index < -0.39 is 0 Å². The molecule has 1 N–H and O–H groups in total. The normalized spacial score (nSPS) is 27.4. The Kier molecular flexibility index (Phi) is 4.19. The van der Waals surface area contributed by atoms with Crippen molar-refractivity contribution in [2.45, 2.75) is 57.0 Å². The molecule has 2 aliphatic rings. The number of hydrogen-bond acceptors (Lipinski definition) is 4. The van der Waals surface area contributed by atoms with Gasteiger partial charge < -0.3 is 19.3 Å². The predicted molar refractivity (Wildman–Crippen MR) is 59.1 cm³/mol. The van der Waals surface area contributed by atoms with Crippen LogP contribution >= 0.6 is 0 Å². The van der Waals surface area contributed by atoms with E-state index in [9.17, 15) is 5.11 Å². The van der Waals surface area contributed by atoms with Crippen LogP contribution in [0.4, 0.5) is 0 Å². The molecule has 0 amide bonds. The van der Waals surface area contributed by atoms with Crippen molar-refractivity contribution in [2.24, 2.45) is 0 Å². The van der Waals surface area contributed by atoms with Crippen molar-refractivity contribution in [3.8, 4) is 0 Å². The van der Waals surface area contributed by atoms with Gasteiger partial charge in [-0.2, -0.15) is 0 Å². The summed E-state index contributed by atoms with van der Waals surface area (Å²) in [5, 5.41) is 9.42. The molecule has 94 valence electrons. The van der Waals surface area contributed by atoms with Gasteiger partial charge in [0.05, 0.1) is 32.0 Å². The van der Waals surface area contributed by atoms with Gasteiger partial charge in [-0.3, -0.25) is 0 Å². The van der Waals surface area contributed by atoms with E-state index in [0.29, 0.717) is 6.61 Å². The standard InChI is InChI=1S/C12H22O4/c1-2-10(13)9-14-11-3-5-12(6-4-11)15-7-8-16-12/h10-11,13H,2-9H2,1H3. The topological polar surface area (TPSA) is 47.9 Å². The van der Waals surface area contributed by atoms with E-state index in [1.165, 1.54) is 0 Å². The third-order valence-corrected chi connectivity index (χ3v) is 3.50. The lowest BCUT2D eigenvalue weighted by Crippen LogP contribution is -2.38. The molecule has 1 aliphatic heterocycles. The van der Waals surface area contributed by atoms with Crippen molar-refractivity contribution < 1.29 is 19.3 Å². The van der Waals surface area contributed by atoms with Gasteiger partial charge in [0.2, 0.25) is 0 Å². The minimum Gasteiger partial charge on any atom is -0.391 e. The second-order valence-corrected chi connectivity index (χ2v) is 4.70. The summed E-state index contributed by atoms with van der Waals surface area (Å²) in [4.78, 5) is 0. The molecule has 1 aliphatic carbocycles. The molecule has 1 atom stereocenters. The monoisotopic (exact) mass is 230 g/mol. The fourth-order valence-corrected chi connectivity index (χ4v) is 2.35. The molecule has 0 aromatic heterocycles. The van der Waals surface area contributed by atoms with Gasteiger partial charge in [-0.1, -0.05) is 6.92 Å². The molecular weight excluding hydrogens is 208 g/mol. The molecule has 1 heterocycles. The zero-order valence-electron chi connectivity index (χ0n) is 9.98. The molecule has 2 fully saturated rings. The first kappa shape index (κ1) is 12.3. The molecule has 1 spiro atoms. The maximum absolute atomic E-state index is 9.42. The van der Waals surface area contributed by atoms with Gasteiger partial charge in [0.1, 0.15) is 0 Å². The summed E-state index contributed by atoms with van der Waals surface area (Å²) in [6.45, 7) is 3.86. The van der Waals surface area contributed by atoms with Gasteiger partial charge in [0.15, 0.2) is 5.79 Å². The molecule has 1 saturated carbocycles. The zero-order valence-corrected chi connectivity index (χ0v) is 9.98. The van der Waals surface area contributed by atoms with Crippen molar-refractivity contribution in [3.63, 3.8) is 0 Å². The molecular formula is C12H22O4. The smallest absolute Gasteiger partial charge is 0.168 e. The Hall–Kier alpha value is -0.160. The maximum atomic E-state index is 9.42. The zero-order chi connectivity index (χ0) is 11.4. The first-order valence-corrected chi connectivity index (χ1v) is 6.32. The number of hydrogen-bond donors (Lipinski definition) is 1. The first-order valence-electron chi connectivity index (χ1n) is 6.32. The molecule has 4 heteroatoms. The van der Waals surface area contributed by atoms with Gasteiger partial charge in [-0.25, -0.2) is 0 Å². The van der Waals surface area contributed by atoms with Gasteiger partial charge in [0, 0.05) is 12.8 Å². The largest absolute Gasteiger partial charge is 0.391 e. The van der Waals surface area contributed by atoms with E-state index in [4.69, 9.17) is 14.2 Å². The van der Waals surface area contributed by atoms with E-state index in [1.54, 1.807) is 0 Å². The highest BCUT2D eigenvalue weighted by Crippen LogP contribution is 2.36. The Morgan fingerprint density at radius 3 is 2.50 bits per heavy atom. The van der Waals surface area contributed by atoms with E-state index in [-0.39, 0.29) is 18.0 Å². The highest BCUT2D eigenvalue weighted by Gasteiger charge is 2.40. The number of rotatable bonds is 4. The Balaban J connectivity index is 1.69. The van der Waals surface area contributed by atoms with E-state index in [0.717, 1.165) is 45.3 Å². The highest BCUT2D eigenvalue weighted by atomic mass is 16.7. The molecule has 2 rings (SSSR count). The van der Waals surface area contributed by atoms with E-state index in [2.05, 4.69) is 0 Å². The second-order valence-electron chi connectivity index (χ2n) is 4.70. The first-order chi connectivity index (χ1) is 7.74. The van der Waals surface area contributed by atoms with Crippen molar-refractivity contribution in [1.82, 2.24) is 0 Å². The van der Waals surface area contributed by atoms with Crippen molar-refractivity contribution in [3.05, 3.63) is 0 Å². The van der Waals surface area contributed by atoms with Crippen LogP contribution in [0.1, 0.15) is 39.0 Å². The molecule has 16 heavy (non-hydrogen) atoms. The third kappa shape index (κ3) is 2.94. The van der Waals surface area contributed by atoms with Crippen LogP contribution < -0.4 is 0 Å². The lowest BCUT2D eigenvalue weighted by atomic mass is 9.92. The summed E-state index contributed by atoms with van der Waals surface area (Å²) in [6.07, 6.45) is 4.46. The maximum Gasteiger partial charge on any atom is 0.168 e. The Morgan fingerprint density at radius 1 is 1.31 bits per heavy atom. The average molecular weight is 230 g/mol. The summed E-state index contributed by atoms with van der Waals surface area (Å²) in [5.74, 6) is -0.302. The van der Waals surface area contributed by atoms with Crippen LogP contribution in [0, 0.1) is 0 Å². The lowest BCUT2D eigenvalue weighted by molar-refractivity contribution is -0.193. The summed E-state index contributed by atoms with van der Waals surface area (Å²) >= 11 is 0. The van der Waals surface area contributed by atoms with Crippen molar-refractivity contribution in [1.29, 1.82) is 0 Å². The fraction of sp³-hybridized carbons (Fsp3) is 1.00. The molecule has 1 unspecified atom stereocenters. The summed E-state index contributed by atoms with van der Waals surface area (Å²) in [7, 11) is 0. The van der Waals surface area contributed by atoms with Crippen LogP contribution in [0.5, 0.6) is 0 Å². The van der Waals surface area contributed by atoms with Gasteiger partial charge >= 0.3 is 0 Å². The number of aliphatic hydroxyl groups excluding tert-OH is 1. The van der Waals surface area contributed by atoms with E-state index >= 15 is 0 Å². The second kappa shape index (κ2) is 5.45. The number of ether oxygens (including phenoxy) is 3. The van der Waals surface area contributed by atoms with Gasteiger partial charge in [-0.05, 0) is 19.3 Å². The molecule has 1 saturated heterocycles. The quantitative estimate of drug-likeness (QED) is 0.794.